The van der Waals surface area contributed by atoms with Gasteiger partial charge in [0.15, 0.2) is 17.1 Å². The molecule has 1 fully saturated rings. The Morgan fingerprint density at radius 2 is 1.89 bits per heavy atom. The molecule has 4 rings (SSSR count). The molecule has 0 aromatic heterocycles. The van der Waals surface area contributed by atoms with Crippen molar-refractivity contribution >= 4 is 27.6 Å². The molecular weight excluding hydrogens is 521 g/mol. The lowest BCUT2D eigenvalue weighted by molar-refractivity contribution is -0.143. The summed E-state index contributed by atoms with van der Waals surface area (Å²) in [6, 6.07) is 2.50. The predicted molar refractivity (Wildman–Crippen MR) is 122 cm³/mol. The molecule has 1 amide bonds. The Labute approximate surface area is 209 Å². The van der Waals surface area contributed by atoms with E-state index in [0.717, 1.165) is 6.07 Å². The first-order valence-corrected chi connectivity index (χ1v) is 12.3. The molecule has 5 N–H and O–H groups in total. The number of carbonyl (C=O) groups excluding carboxylic acids is 2. The lowest BCUT2D eigenvalue weighted by atomic mass is 9.56. The number of nitrogens with two attached hydrogens (primary N) is 1. The monoisotopic (exact) mass is 544 g/mol. The zero-order chi connectivity index (χ0) is 27.8. The fourth-order valence-electron chi connectivity index (χ4n) is 5.57. The highest BCUT2D eigenvalue weighted by molar-refractivity contribution is 7.88. The third-order valence-electron chi connectivity index (χ3n) is 7.11. The maximum Gasteiger partial charge on any atom is 0.534 e. The number of alkyl halides is 3. The summed E-state index contributed by atoms with van der Waals surface area (Å²) in [7, 11) is -3.02. The van der Waals surface area contributed by atoms with Gasteiger partial charge in [0, 0.05) is 17.1 Å². The third-order valence-corrected chi connectivity index (χ3v) is 8.08. The van der Waals surface area contributed by atoms with Crippen molar-refractivity contribution in [2.75, 3.05) is 14.1 Å². The number of aliphatic hydroxyl groups excluding tert-OH is 2. The van der Waals surface area contributed by atoms with Crippen molar-refractivity contribution < 1.29 is 50.7 Å². The van der Waals surface area contributed by atoms with E-state index in [-0.39, 0.29) is 18.4 Å². The van der Waals surface area contributed by atoms with Crippen LogP contribution in [0.1, 0.15) is 17.5 Å². The molecule has 0 saturated heterocycles. The van der Waals surface area contributed by atoms with Crippen LogP contribution in [0.4, 0.5) is 13.2 Å². The van der Waals surface area contributed by atoms with Crippen molar-refractivity contribution in [3.05, 3.63) is 58.4 Å². The number of aliphatic hydroxyl groups is 3. The highest BCUT2D eigenvalue weighted by Crippen LogP contribution is 2.54. The van der Waals surface area contributed by atoms with Crippen LogP contribution < -0.4 is 9.92 Å². The zero-order valence-corrected chi connectivity index (χ0v) is 20.4. The molecule has 3 aliphatic carbocycles. The van der Waals surface area contributed by atoms with Gasteiger partial charge < -0.3 is 25.2 Å². The van der Waals surface area contributed by atoms with Gasteiger partial charge in [0.25, 0.3) is 5.91 Å². The fraction of sp³-hybridized carbons (Fsp3) is 0.391. The molecule has 0 aliphatic heterocycles. The van der Waals surface area contributed by atoms with Crippen molar-refractivity contribution in [2.24, 2.45) is 17.6 Å². The van der Waals surface area contributed by atoms with Crippen LogP contribution in [0, 0.1) is 11.8 Å². The van der Waals surface area contributed by atoms with Gasteiger partial charge in [-0.05, 0) is 44.5 Å². The smallest absolute Gasteiger partial charge is 0.510 e. The van der Waals surface area contributed by atoms with Crippen molar-refractivity contribution in [2.45, 2.75) is 30.0 Å². The van der Waals surface area contributed by atoms with Gasteiger partial charge in [-0.25, -0.2) is 0 Å². The molecule has 1 saturated carbocycles. The number of fused-ring (bicyclic) bond motifs is 3. The number of hydrogen-bond acceptors (Lipinski definition) is 9. The molecule has 1 aromatic carbocycles. The average Bonchev–Trinajstić information content (AvgIpc) is 2.75. The van der Waals surface area contributed by atoms with Gasteiger partial charge in [0.2, 0.25) is 0 Å². The number of nitrogens with zero attached hydrogens (tertiary/aromatic N) is 1. The van der Waals surface area contributed by atoms with E-state index < -0.39 is 90.3 Å². The molecule has 3 aliphatic rings. The molecule has 0 radical (unpaired) electrons. The first-order valence-electron chi connectivity index (χ1n) is 10.9. The molecule has 200 valence electrons. The number of halogens is 3. The first-order chi connectivity index (χ1) is 16.9. The Balaban J connectivity index is 1.91. The summed E-state index contributed by atoms with van der Waals surface area (Å²) < 4.78 is 66.4. The highest BCUT2D eigenvalue weighted by Gasteiger charge is 2.62. The van der Waals surface area contributed by atoms with Gasteiger partial charge in [-0.1, -0.05) is 18.7 Å². The van der Waals surface area contributed by atoms with Crippen LogP contribution >= 0.6 is 0 Å². The van der Waals surface area contributed by atoms with Crippen molar-refractivity contribution in [1.29, 1.82) is 0 Å². The maximum absolute atomic E-state index is 13.8. The summed E-state index contributed by atoms with van der Waals surface area (Å²) in [6.07, 6.45) is -0.0545. The molecule has 1 aromatic rings. The van der Waals surface area contributed by atoms with E-state index in [1.54, 1.807) is 14.1 Å². The van der Waals surface area contributed by atoms with Crippen LogP contribution in [0.3, 0.4) is 0 Å². The Morgan fingerprint density at radius 1 is 1.27 bits per heavy atom. The first kappa shape index (κ1) is 26.7. The van der Waals surface area contributed by atoms with E-state index in [9.17, 15) is 46.5 Å². The standard InChI is InChI=1S/C23H23F3N2O8S/c1-9-14(21(27)32)19(30)17(28(2)3)12-8-11-7-10-5-4-6-13(36-37(34,35)23(24,25)26)15(10)18(29)16(11)20(31)22(9,12)33/h4-6,11-12,17,29-30,33H,1,7-8H2,2-3H3,(H2,27,32)/t11?,12?,17-,22-/m0/s1. The lowest BCUT2D eigenvalue weighted by Gasteiger charge is -2.52. The van der Waals surface area contributed by atoms with Crippen molar-refractivity contribution in [3.8, 4) is 5.75 Å². The second-order valence-corrected chi connectivity index (χ2v) is 10.9. The Hall–Kier alpha value is -3.36. The van der Waals surface area contributed by atoms with Gasteiger partial charge in [-0.2, -0.15) is 21.6 Å². The average molecular weight is 545 g/mol. The minimum Gasteiger partial charge on any atom is -0.510 e. The van der Waals surface area contributed by atoms with E-state index in [2.05, 4.69) is 10.8 Å². The summed E-state index contributed by atoms with van der Waals surface area (Å²) in [5, 5.41) is 33.6. The van der Waals surface area contributed by atoms with Gasteiger partial charge in [0.05, 0.1) is 17.2 Å². The number of benzene rings is 1. The van der Waals surface area contributed by atoms with Gasteiger partial charge >= 0.3 is 15.6 Å². The van der Waals surface area contributed by atoms with Crippen LogP contribution in [-0.4, -0.2) is 71.6 Å². The third kappa shape index (κ3) is 3.73. The summed E-state index contributed by atoms with van der Waals surface area (Å²) in [5.74, 6) is -6.29. The van der Waals surface area contributed by atoms with Gasteiger partial charge in [-0.15, -0.1) is 0 Å². The van der Waals surface area contributed by atoms with Crippen LogP contribution in [0.5, 0.6) is 5.75 Å². The van der Waals surface area contributed by atoms with E-state index in [4.69, 9.17) is 5.73 Å². The van der Waals surface area contributed by atoms with E-state index in [1.165, 1.54) is 17.0 Å². The predicted octanol–water partition coefficient (Wildman–Crippen LogP) is 1.47. The molecule has 0 bridgehead atoms. The van der Waals surface area contributed by atoms with Crippen molar-refractivity contribution in [1.82, 2.24) is 4.90 Å². The van der Waals surface area contributed by atoms with Crippen LogP contribution in [0.15, 0.2) is 47.3 Å². The number of primary amides is 1. The van der Waals surface area contributed by atoms with Crippen LogP contribution in [0.25, 0.3) is 5.76 Å². The number of likely N-dealkylation sites (N-methyl/N-ethyl adjacent to an activating group) is 1. The Bertz CT molecular complexity index is 1410. The second-order valence-electron chi connectivity index (χ2n) is 9.39. The largest absolute Gasteiger partial charge is 0.534 e. The fourth-order valence-corrected chi connectivity index (χ4v) is 6.04. The van der Waals surface area contributed by atoms with E-state index >= 15 is 0 Å². The topological polar surface area (TPSA) is 167 Å². The number of ketones is 1. The molecule has 0 spiro atoms. The number of hydrogen-bond donors (Lipinski definition) is 4. The molecule has 0 heterocycles. The van der Waals surface area contributed by atoms with E-state index in [1.807, 2.05) is 0 Å². The minimum atomic E-state index is -6.10. The number of rotatable bonds is 4. The highest BCUT2D eigenvalue weighted by atomic mass is 32.2. The van der Waals surface area contributed by atoms with Crippen LogP contribution in [-0.2, 0) is 26.1 Å². The second kappa shape index (κ2) is 8.33. The molecule has 10 nitrogen and oxygen atoms in total. The molecule has 4 atom stereocenters. The summed E-state index contributed by atoms with van der Waals surface area (Å²) in [4.78, 5) is 27.4. The number of Topliss-reactive ketones (excluding diaryl/α,β-unsaturated/α-hetero) is 1. The maximum atomic E-state index is 13.8. The lowest BCUT2D eigenvalue weighted by Crippen LogP contribution is -2.63. The molecular formula is C23H23F3N2O8S. The molecule has 2 unspecified atom stereocenters. The molecule has 14 heteroatoms. The quantitative estimate of drug-likeness (QED) is 0.324. The SMILES string of the molecule is C=C1C(C(N)=O)=C(O)[C@@H](N(C)C)C2CC3Cc4cccc(OS(=O)(=O)C(F)(F)F)c4C(O)=C3C(=O)[C@]12O. The van der Waals surface area contributed by atoms with Crippen LogP contribution in [0.2, 0.25) is 0 Å². The van der Waals surface area contributed by atoms with E-state index in [0.29, 0.717) is 0 Å². The summed E-state index contributed by atoms with van der Waals surface area (Å²) in [6.45, 7) is 3.63. The number of amides is 1. The normalized spacial score (nSPS) is 28.1. The summed E-state index contributed by atoms with van der Waals surface area (Å²) in [5.41, 5.74) is -4.56. The Kier molecular flexibility index (Phi) is 6.01. The van der Waals surface area contributed by atoms with Gasteiger partial charge in [-0.3, -0.25) is 14.5 Å². The summed E-state index contributed by atoms with van der Waals surface area (Å²) >= 11 is 0. The minimum absolute atomic E-state index is 0.0228. The van der Waals surface area contributed by atoms with Gasteiger partial charge in [0.1, 0.15) is 11.5 Å². The molecule has 37 heavy (non-hydrogen) atoms. The van der Waals surface area contributed by atoms with Crippen molar-refractivity contribution in [3.63, 3.8) is 0 Å². The number of carbonyl (C=O) groups is 2. The Morgan fingerprint density at radius 3 is 2.43 bits per heavy atom. The zero-order valence-electron chi connectivity index (χ0n) is 19.5.